The van der Waals surface area contributed by atoms with E-state index in [0.717, 1.165) is 43.6 Å². The Kier molecular flexibility index (Phi) is 5.61. The van der Waals surface area contributed by atoms with E-state index in [4.69, 9.17) is 5.73 Å². The lowest BCUT2D eigenvalue weighted by Crippen LogP contribution is -1.99. The summed E-state index contributed by atoms with van der Waals surface area (Å²) in [6.07, 6.45) is 10.0. The number of benzene rings is 1. The van der Waals surface area contributed by atoms with E-state index < -0.39 is 0 Å². The van der Waals surface area contributed by atoms with Gasteiger partial charge in [0, 0.05) is 11.9 Å². The van der Waals surface area contributed by atoms with Crippen molar-refractivity contribution in [1.82, 2.24) is 25.0 Å². The fourth-order valence-electron chi connectivity index (χ4n) is 2.79. The smallest absolute Gasteiger partial charge is 0.197 e. The number of hydrogen-bond donors (Lipinski definition) is 2. The molecule has 3 N–H and O–H groups in total. The minimum atomic E-state index is 0.483. The summed E-state index contributed by atoms with van der Waals surface area (Å²) in [5, 5.41) is 8.50. The quantitative estimate of drug-likeness (QED) is 0.618. The van der Waals surface area contributed by atoms with Crippen molar-refractivity contribution in [2.75, 3.05) is 5.73 Å². The van der Waals surface area contributed by atoms with E-state index in [9.17, 15) is 0 Å². The van der Waals surface area contributed by atoms with Gasteiger partial charge in [-0.05, 0) is 38.2 Å². The molecule has 0 unspecified atom stereocenters. The molecule has 1 aromatic carbocycles. The maximum Gasteiger partial charge on any atom is 0.197 e. The molecular weight excluding hydrogens is 312 g/mol. The molecular formula is C19H24N6. The number of nitrogen functional groups attached to an aromatic ring is 1. The Morgan fingerprint density at radius 1 is 1.20 bits per heavy atom. The molecule has 0 saturated heterocycles. The predicted octanol–water partition coefficient (Wildman–Crippen LogP) is 3.25. The minimum absolute atomic E-state index is 0.483. The number of unbranched alkanes of at least 4 members (excludes halogenated alkanes) is 1. The highest BCUT2D eigenvalue weighted by Crippen LogP contribution is 2.10. The van der Waals surface area contributed by atoms with Crippen LogP contribution in [-0.4, -0.2) is 25.0 Å². The number of H-pyrrole nitrogens is 1. The van der Waals surface area contributed by atoms with Crippen molar-refractivity contribution in [3.8, 4) is 0 Å². The van der Waals surface area contributed by atoms with Crippen LogP contribution in [0.2, 0.25) is 0 Å². The number of hydrogen-bond acceptors (Lipinski definition) is 4. The van der Waals surface area contributed by atoms with Crippen LogP contribution in [0.25, 0.3) is 6.08 Å². The van der Waals surface area contributed by atoms with Crippen LogP contribution in [-0.2, 0) is 19.4 Å². The van der Waals surface area contributed by atoms with Crippen LogP contribution in [0.15, 0.2) is 48.3 Å². The molecule has 3 rings (SSSR count). The Morgan fingerprint density at radius 3 is 2.76 bits per heavy atom. The maximum atomic E-state index is 5.57. The highest BCUT2D eigenvalue weighted by Gasteiger charge is 2.03. The Bertz CT molecular complexity index is 815. The number of aromatic amines is 1. The zero-order valence-corrected chi connectivity index (χ0v) is 14.5. The Morgan fingerprint density at radius 2 is 2.00 bits per heavy atom. The van der Waals surface area contributed by atoms with Gasteiger partial charge in [0.05, 0.1) is 18.4 Å². The molecule has 25 heavy (non-hydrogen) atoms. The van der Waals surface area contributed by atoms with Crippen LogP contribution in [0, 0.1) is 0 Å². The predicted molar refractivity (Wildman–Crippen MR) is 99.8 cm³/mol. The fraction of sp³-hybridized carbons (Fsp3) is 0.316. The van der Waals surface area contributed by atoms with Gasteiger partial charge in [0.2, 0.25) is 0 Å². The molecule has 0 radical (unpaired) electrons. The first kappa shape index (κ1) is 17.0. The summed E-state index contributed by atoms with van der Waals surface area (Å²) in [6, 6.07) is 10.3. The fourth-order valence-corrected chi connectivity index (χ4v) is 2.79. The Hall–Kier alpha value is -2.89. The lowest BCUT2D eigenvalue weighted by atomic mass is 10.1. The van der Waals surface area contributed by atoms with E-state index in [2.05, 4.69) is 45.4 Å². The summed E-state index contributed by atoms with van der Waals surface area (Å²) in [4.78, 5) is 7.05. The molecule has 130 valence electrons. The van der Waals surface area contributed by atoms with Crippen molar-refractivity contribution in [1.29, 1.82) is 0 Å². The lowest BCUT2D eigenvalue weighted by molar-refractivity contribution is 0.643. The summed E-state index contributed by atoms with van der Waals surface area (Å²) in [7, 11) is 0. The molecule has 0 aliphatic carbocycles. The number of rotatable bonds is 8. The minimum Gasteiger partial charge on any atom is -0.369 e. The van der Waals surface area contributed by atoms with Gasteiger partial charge < -0.3 is 10.7 Å². The maximum absolute atomic E-state index is 5.57. The number of nitrogens with one attached hydrogen (secondary N) is 1. The Balaban J connectivity index is 1.45. The third-order valence-electron chi connectivity index (χ3n) is 3.99. The van der Waals surface area contributed by atoms with Crippen molar-refractivity contribution >= 4 is 12.0 Å². The van der Waals surface area contributed by atoms with Crippen molar-refractivity contribution in [2.45, 2.75) is 39.2 Å². The first-order chi connectivity index (χ1) is 12.2. The van der Waals surface area contributed by atoms with Crippen molar-refractivity contribution in [3.63, 3.8) is 0 Å². The van der Waals surface area contributed by atoms with E-state index in [1.807, 2.05) is 29.1 Å². The molecule has 2 heterocycles. The second-order valence-electron chi connectivity index (χ2n) is 6.31. The SMILES string of the molecule is CC(=Cc1ccccc1)Cn1cc(CCCCc2cnc(N)[nH]2)nn1. The highest BCUT2D eigenvalue weighted by atomic mass is 15.4. The number of imidazole rings is 1. The molecule has 6 nitrogen and oxygen atoms in total. The monoisotopic (exact) mass is 336 g/mol. The number of aryl methyl sites for hydroxylation is 2. The third kappa shape index (κ3) is 5.31. The largest absolute Gasteiger partial charge is 0.369 e. The second-order valence-corrected chi connectivity index (χ2v) is 6.31. The molecule has 0 aliphatic rings. The van der Waals surface area contributed by atoms with Crippen LogP contribution < -0.4 is 5.73 Å². The number of aromatic nitrogens is 5. The molecule has 0 aliphatic heterocycles. The molecule has 3 aromatic rings. The Labute approximate surface area is 147 Å². The van der Waals surface area contributed by atoms with Crippen LogP contribution in [0.3, 0.4) is 0 Å². The van der Waals surface area contributed by atoms with E-state index in [1.54, 1.807) is 6.20 Å². The van der Waals surface area contributed by atoms with Crippen LogP contribution in [0.1, 0.15) is 36.7 Å². The molecule has 0 amide bonds. The average molecular weight is 336 g/mol. The summed E-state index contributed by atoms with van der Waals surface area (Å²) in [5.41, 5.74) is 10.2. The van der Waals surface area contributed by atoms with Crippen molar-refractivity contribution < 1.29 is 0 Å². The van der Waals surface area contributed by atoms with Crippen molar-refractivity contribution in [2.24, 2.45) is 0 Å². The van der Waals surface area contributed by atoms with Gasteiger partial charge >= 0.3 is 0 Å². The summed E-state index contributed by atoms with van der Waals surface area (Å²) in [6.45, 7) is 2.87. The normalized spacial score (nSPS) is 11.8. The summed E-state index contributed by atoms with van der Waals surface area (Å²) >= 11 is 0. The molecule has 0 fully saturated rings. The van der Waals surface area contributed by atoms with Gasteiger partial charge in [-0.15, -0.1) is 5.10 Å². The number of anilines is 1. The van der Waals surface area contributed by atoms with Crippen LogP contribution in [0.5, 0.6) is 0 Å². The number of nitrogens with zero attached hydrogens (tertiary/aromatic N) is 4. The van der Waals surface area contributed by atoms with E-state index in [0.29, 0.717) is 5.95 Å². The second kappa shape index (κ2) is 8.28. The van der Waals surface area contributed by atoms with Crippen molar-refractivity contribution in [3.05, 3.63) is 65.2 Å². The van der Waals surface area contributed by atoms with Gasteiger partial charge in [-0.1, -0.05) is 47.2 Å². The molecule has 2 aromatic heterocycles. The van der Waals surface area contributed by atoms with Gasteiger partial charge in [-0.25, -0.2) is 9.67 Å². The molecule has 6 heteroatoms. The number of allylic oxidation sites excluding steroid dienone is 1. The van der Waals surface area contributed by atoms with Gasteiger partial charge in [0.15, 0.2) is 5.95 Å². The zero-order chi connectivity index (χ0) is 17.5. The number of nitrogens with two attached hydrogens (primary N) is 1. The molecule has 0 atom stereocenters. The molecule has 0 bridgehead atoms. The van der Waals surface area contributed by atoms with E-state index >= 15 is 0 Å². The average Bonchev–Trinajstić information content (AvgIpc) is 3.21. The lowest BCUT2D eigenvalue weighted by Gasteiger charge is -2.01. The topological polar surface area (TPSA) is 85.4 Å². The van der Waals surface area contributed by atoms with E-state index in [-0.39, 0.29) is 0 Å². The van der Waals surface area contributed by atoms with Gasteiger partial charge in [0.1, 0.15) is 0 Å². The molecule has 0 spiro atoms. The molecule has 0 saturated carbocycles. The van der Waals surface area contributed by atoms with Gasteiger partial charge in [-0.2, -0.15) is 0 Å². The highest BCUT2D eigenvalue weighted by molar-refractivity contribution is 5.51. The van der Waals surface area contributed by atoms with Gasteiger partial charge in [0.25, 0.3) is 0 Å². The van der Waals surface area contributed by atoms with Crippen LogP contribution in [0.4, 0.5) is 5.95 Å². The summed E-state index contributed by atoms with van der Waals surface area (Å²) in [5.74, 6) is 0.483. The first-order valence-corrected chi connectivity index (χ1v) is 8.59. The summed E-state index contributed by atoms with van der Waals surface area (Å²) < 4.78 is 1.90. The third-order valence-corrected chi connectivity index (χ3v) is 3.99. The van der Waals surface area contributed by atoms with Crippen LogP contribution >= 0.6 is 0 Å². The van der Waals surface area contributed by atoms with E-state index in [1.165, 1.54) is 11.1 Å². The first-order valence-electron chi connectivity index (χ1n) is 8.59. The van der Waals surface area contributed by atoms with Gasteiger partial charge in [-0.3, -0.25) is 0 Å². The standard InChI is InChI=1S/C19H24N6/c1-15(11-16-7-3-2-4-8-16)13-25-14-18(23-24-25)10-6-5-9-17-12-21-19(20)22-17/h2-4,7-8,11-12,14H,5-6,9-10,13H2,1H3,(H3,20,21,22). The zero-order valence-electron chi connectivity index (χ0n) is 14.5.